The van der Waals surface area contributed by atoms with E-state index in [2.05, 4.69) is 5.10 Å². The van der Waals surface area contributed by atoms with Crippen LogP contribution >= 0.6 is 11.3 Å². The van der Waals surface area contributed by atoms with Gasteiger partial charge in [0.2, 0.25) is 0 Å². The lowest BCUT2D eigenvalue weighted by atomic mass is 10.2. The standard InChI is InChI=1S/C10H9F3N2S/c11-10(12,13)9-2-5-15(14-9)4-1-8-3-6-16-7-8/h2-3,5-7H,1,4H2. The highest BCUT2D eigenvalue weighted by atomic mass is 32.1. The average molecular weight is 246 g/mol. The van der Waals surface area contributed by atoms with Crippen molar-refractivity contribution >= 4 is 11.3 Å². The van der Waals surface area contributed by atoms with Crippen LogP contribution in [0.1, 0.15) is 11.3 Å². The van der Waals surface area contributed by atoms with Gasteiger partial charge in [-0.25, -0.2) is 0 Å². The third-order valence-corrected chi connectivity index (χ3v) is 2.87. The van der Waals surface area contributed by atoms with E-state index in [0.717, 1.165) is 11.6 Å². The molecule has 0 saturated carbocycles. The topological polar surface area (TPSA) is 17.8 Å². The molecule has 0 N–H and O–H groups in total. The molecule has 0 saturated heterocycles. The number of alkyl halides is 3. The Kier molecular flexibility index (Phi) is 3.00. The Balaban J connectivity index is 1.98. The van der Waals surface area contributed by atoms with Gasteiger partial charge in [0.05, 0.1) is 0 Å². The third kappa shape index (κ3) is 2.63. The quantitative estimate of drug-likeness (QED) is 0.813. The molecule has 0 fully saturated rings. The van der Waals surface area contributed by atoms with Crippen molar-refractivity contribution in [3.63, 3.8) is 0 Å². The van der Waals surface area contributed by atoms with Crippen LogP contribution in [0.25, 0.3) is 0 Å². The van der Waals surface area contributed by atoms with Crippen LogP contribution in [0.3, 0.4) is 0 Å². The van der Waals surface area contributed by atoms with Crippen molar-refractivity contribution in [3.8, 4) is 0 Å². The van der Waals surface area contributed by atoms with Crippen LogP contribution in [0, 0.1) is 0 Å². The molecule has 2 nitrogen and oxygen atoms in total. The van der Waals surface area contributed by atoms with Crippen molar-refractivity contribution in [1.82, 2.24) is 9.78 Å². The molecule has 0 aliphatic carbocycles. The lowest BCUT2D eigenvalue weighted by molar-refractivity contribution is -0.141. The smallest absolute Gasteiger partial charge is 0.272 e. The van der Waals surface area contributed by atoms with Gasteiger partial charge in [-0.2, -0.15) is 29.6 Å². The minimum absolute atomic E-state index is 0.465. The third-order valence-electron chi connectivity index (χ3n) is 2.14. The van der Waals surface area contributed by atoms with Gasteiger partial charge in [-0.05, 0) is 34.9 Å². The summed E-state index contributed by atoms with van der Waals surface area (Å²) < 4.78 is 38.0. The maximum atomic E-state index is 12.2. The van der Waals surface area contributed by atoms with Gasteiger partial charge in [0.15, 0.2) is 5.69 Å². The molecule has 0 aliphatic heterocycles. The highest BCUT2D eigenvalue weighted by Gasteiger charge is 2.33. The second-order valence-electron chi connectivity index (χ2n) is 3.34. The Morgan fingerprint density at radius 2 is 2.12 bits per heavy atom. The summed E-state index contributed by atoms with van der Waals surface area (Å²) in [6.45, 7) is 0.465. The Labute approximate surface area is 94.3 Å². The fraction of sp³-hybridized carbons (Fsp3) is 0.300. The van der Waals surface area contributed by atoms with E-state index in [9.17, 15) is 13.2 Å². The normalized spacial score (nSPS) is 11.9. The first-order valence-electron chi connectivity index (χ1n) is 4.67. The lowest BCUT2D eigenvalue weighted by Gasteiger charge is -2.02. The van der Waals surface area contributed by atoms with E-state index in [1.807, 2.05) is 16.8 Å². The Morgan fingerprint density at radius 1 is 1.31 bits per heavy atom. The Hall–Kier alpha value is -1.30. The summed E-state index contributed by atoms with van der Waals surface area (Å²) in [5.74, 6) is 0. The van der Waals surface area contributed by atoms with E-state index >= 15 is 0 Å². The Morgan fingerprint density at radius 3 is 2.69 bits per heavy atom. The van der Waals surface area contributed by atoms with Crippen LogP contribution in [0.2, 0.25) is 0 Å². The predicted molar refractivity (Wildman–Crippen MR) is 55.3 cm³/mol. The number of aryl methyl sites for hydroxylation is 2. The number of thiophene rings is 1. The van der Waals surface area contributed by atoms with Crippen LogP contribution in [0.4, 0.5) is 13.2 Å². The van der Waals surface area contributed by atoms with Crippen molar-refractivity contribution in [1.29, 1.82) is 0 Å². The van der Waals surface area contributed by atoms with E-state index in [1.54, 1.807) is 11.3 Å². The number of halogens is 3. The van der Waals surface area contributed by atoms with Gasteiger partial charge in [-0.1, -0.05) is 0 Å². The molecule has 16 heavy (non-hydrogen) atoms. The monoisotopic (exact) mass is 246 g/mol. The number of aromatic nitrogens is 2. The van der Waals surface area contributed by atoms with Crippen LogP contribution in [0.5, 0.6) is 0 Å². The van der Waals surface area contributed by atoms with Crippen molar-refractivity contribution in [2.24, 2.45) is 0 Å². The molecule has 2 aromatic rings. The van der Waals surface area contributed by atoms with E-state index in [0.29, 0.717) is 13.0 Å². The summed E-state index contributed by atoms with van der Waals surface area (Å²) in [4.78, 5) is 0. The zero-order valence-corrected chi connectivity index (χ0v) is 9.05. The predicted octanol–water partition coefficient (Wildman–Crippen LogP) is 3.21. The van der Waals surface area contributed by atoms with Gasteiger partial charge < -0.3 is 0 Å². The number of rotatable bonds is 3. The van der Waals surface area contributed by atoms with E-state index in [-0.39, 0.29) is 0 Å². The molecule has 0 aliphatic rings. The summed E-state index contributed by atoms with van der Waals surface area (Å²) in [5, 5.41) is 7.40. The van der Waals surface area contributed by atoms with Crippen LogP contribution in [0.15, 0.2) is 29.1 Å². The zero-order valence-electron chi connectivity index (χ0n) is 8.24. The van der Waals surface area contributed by atoms with Gasteiger partial charge in [0.25, 0.3) is 0 Å². The second kappa shape index (κ2) is 4.29. The SMILES string of the molecule is FC(F)(F)c1ccn(CCc2ccsc2)n1. The molecule has 0 radical (unpaired) electrons. The molecule has 86 valence electrons. The molecule has 2 rings (SSSR count). The Bertz CT molecular complexity index is 445. The van der Waals surface area contributed by atoms with Crippen molar-refractivity contribution in [2.75, 3.05) is 0 Å². The zero-order chi connectivity index (χ0) is 11.6. The minimum atomic E-state index is -4.35. The molecule has 0 amide bonds. The number of hydrogen-bond acceptors (Lipinski definition) is 2. The highest BCUT2D eigenvalue weighted by molar-refractivity contribution is 7.07. The summed E-state index contributed by atoms with van der Waals surface area (Å²) in [5.41, 5.74) is 0.284. The molecule has 0 bridgehead atoms. The van der Waals surface area contributed by atoms with Gasteiger partial charge in [0.1, 0.15) is 0 Å². The first kappa shape index (κ1) is 11.2. The van der Waals surface area contributed by atoms with E-state index in [4.69, 9.17) is 0 Å². The van der Waals surface area contributed by atoms with Crippen LogP contribution < -0.4 is 0 Å². The molecule has 0 spiro atoms. The number of hydrogen-bond donors (Lipinski definition) is 0. The summed E-state index contributed by atoms with van der Waals surface area (Å²) in [6, 6.07) is 2.95. The lowest BCUT2D eigenvalue weighted by Crippen LogP contribution is -2.08. The van der Waals surface area contributed by atoms with E-state index in [1.165, 1.54) is 10.9 Å². The van der Waals surface area contributed by atoms with Crippen molar-refractivity contribution in [3.05, 3.63) is 40.3 Å². The van der Waals surface area contributed by atoms with Gasteiger partial charge in [-0.3, -0.25) is 4.68 Å². The molecule has 2 heterocycles. The maximum absolute atomic E-state index is 12.2. The van der Waals surface area contributed by atoms with Crippen molar-refractivity contribution in [2.45, 2.75) is 19.1 Å². The van der Waals surface area contributed by atoms with Crippen molar-refractivity contribution < 1.29 is 13.2 Å². The summed E-state index contributed by atoms with van der Waals surface area (Å²) in [7, 11) is 0. The van der Waals surface area contributed by atoms with Crippen LogP contribution in [-0.2, 0) is 19.1 Å². The minimum Gasteiger partial charge on any atom is -0.272 e. The fourth-order valence-corrected chi connectivity index (χ4v) is 2.02. The largest absolute Gasteiger partial charge is 0.435 e. The highest BCUT2D eigenvalue weighted by Crippen LogP contribution is 2.27. The maximum Gasteiger partial charge on any atom is 0.435 e. The molecule has 6 heteroatoms. The van der Waals surface area contributed by atoms with Gasteiger partial charge in [0, 0.05) is 12.7 Å². The fourth-order valence-electron chi connectivity index (χ4n) is 1.32. The van der Waals surface area contributed by atoms with E-state index < -0.39 is 11.9 Å². The molecular formula is C10H9F3N2S. The summed E-state index contributed by atoms with van der Waals surface area (Å²) in [6.07, 6.45) is -2.30. The van der Waals surface area contributed by atoms with Gasteiger partial charge in [-0.15, -0.1) is 0 Å². The molecule has 0 atom stereocenters. The average Bonchev–Trinajstić information content (AvgIpc) is 2.85. The molecular weight excluding hydrogens is 237 g/mol. The first-order chi connectivity index (χ1) is 7.55. The molecule has 2 aromatic heterocycles. The summed E-state index contributed by atoms with van der Waals surface area (Å²) >= 11 is 1.57. The van der Waals surface area contributed by atoms with Gasteiger partial charge >= 0.3 is 6.18 Å². The second-order valence-corrected chi connectivity index (χ2v) is 4.12. The number of nitrogens with zero attached hydrogens (tertiary/aromatic N) is 2. The molecule has 0 unspecified atom stereocenters. The van der Waals surface area contributed by atoms with Crippen LogP contribution in [-0.4, -0.2) is 9.78 Å². The molecule has 0 aromatic carbocycles. The first-order valence-corrected chi connectivity index (χ1v) is 5.62.